The number of imide groups is 1. The lowest BCUT2D eigenvalue weighted by molar-refractivity contribution is -0.171. The zero-order valence-corrected chi connectivity index (χ0v) is 41.9. The molecule has 0 bridgehead atoms. The summed E-state index contributed by atoms with van der Waals surface area (Å²) < 4.78 is 0. The standard InChI is InChI=1S/C50H73N13O9/c1-30(2)13-8-6-11-17-43(65)63(50(31(3)4,32(5)42(64)23-51)49(72)61-40(48(70)71)22-36-26-55-29-58-36)47(69)39(21-35-25-54-28-57-35)60-44(66)38(19-33-14-9-7-10-15-33)59-45(67)41-16-12-18-62(41)46(68)37(52)20-34-24-53-27-56-34/h7,9-10,14-15,24-32,37-42,64H,6,8,11-13,16-23,51-52H2,1-5H3,(H,53,56)(H,54,57)(H,55,58)(H,59,67)(H,60,66)(H,61,72)(H,70,71)/t32-,37-,38-,39-,40-,41-,42+,50-/m0/s1. The van der Waals surface area contributed by atoms with Crippen LogP contribution in [0.15, 0.2) is 67.9 Å². The van der Waals surface area contributed by atoms with Crippen LogP contribution >= 0.6 is 0 Å². The Balaban J connectivity index is 1.57. The van der Waals surface area contributed by atoms with Crippen molar-refractivity contribution >= 4 is 41.4 Å². The Bertz CT molecular complexity index is 2360. The molecule has 392 valence electrons. The number of carboxylic acid groups (broad SMARTS) is 1. The van der Waals surface area contributed by atoms with Crippen LogP contribution in [0, 0.1) is 17.8 Å². The number of aromatic nitrogens is 6. The van der Waals surface area contributed by atoms with Crippen LogP contribution in [0.4, 0.5) is 0 Å². The molecule has 4 heterocycles. The largest absolute Gasteiger partial charge is 0.480 e. The van der Waals surface area contributed by atoms with E-state index in [4.69, 9.17) is 11.5 Å². The van der Waals surface area contributed by atoms with Crippen LogP contribution in [0.5, 0.6) is 0 Å². The molecule has 1 saturated heterocycles. The topological polar surface area (TPSA) is 341 Å². The van der Waals surface area contributed by atoms with Gasteiger partial charge in [-0.15, -0.1) is 0 Å². The van der Waals surface area contributed by atoms with Gasteiger partial charge in [0.25, 0.3) is 5.91 Å². The highest BCUT2D eigenvalue weighted by Crippen LogP contribution is 2.38. The Labute approximate surface area is 419 Å². The van der Waals surface area contributed by atoms with Crippen LogP contribution in [0.25, 0.3) is 0 Å². The Hall–Kier alpha value is -6.78. The molecule has 0 unspecified atom stereocenters. The van der Waals surface area contributed by atoms with Gasteiger partial charge in [-0.05, 0) is 36.7 Å². The van der Waals surface area contributed by atoms with E-state index in [1.165, 1.54) is 43.2 Å². The number of nitrogens with one attached hydrogen (secondary N) is 6. The Morgan fingerprint density at radius 1 is 0.792 bits per heavy atom. The van der Waals surface area contributed by atoms with Gasteiger partial charge in [-0.1, -0.05) is 84.2 Å². The number of aromatic amines is 3. The smallest absolute Gasteiger partial charge is 0.326 e. The molecule has 3 aromatic heterocycles. The third kappa shape index (κ3) is 14.4. The Kier molecular flexibility index (Phi) is 20.7. The number of hydrogen-bond donors (Lipinski definition) is 10. The predicted molar refractivity (Wildman–Crippen MR) is 265 cm³/mol. The summed E-state index contributed by atoms with van der Waals surface area (Å²) in [5, 5.41) is 30.3. The van der Waals surface area contributed by atoms with Gasteiger partial charge in [0, 0.05) is 86.8 Å². The van der Waals surface area contributed by atoms with E-state index < -0.39 is 102 Å². The van der Waals surface area contributed by atoms with Gasteiger partial charge in [0.15, 0.2) is 0 Å². The molecule has 4 aromatic rings. The van der Waals surface area contributed by atoms with Gasteiger partial charge in [-0.3, -0.25) is 33.7 Å². The first-order valence-electron chi connectivity index (χ1n) is 24.8. The summed E-state index contributed by atoms with van der Waals surface area (Å²) in [5.74, 6) is -8.15. The number of rotatable bonds is 28. The van der Waals surface area contributed by atoms with Crippen molar-refractivity contribution in [2.24, 2.45) is 29.2 Å². The first-order valence-corrected chi connectivity index (χ1v) is 24.8. The van der Waals surface area contributed by atoms with Gasteiger partial charge >= 0.3 is 5.97 Å². The summed E-state index contributed by atoms with van der Waals surface area (Å²) in [7, 11) is 0. The van der Waals surface area contributed by atoms with Crippen molar-refractivity contribution < 1.29 is 43.8 Å². The lowest BCUT2D eigenvalue weighted by atomic mass is 9.70. The number of carbonyl (C=O) groups excluding carboxylic acids is 6. The molecule has 8 atom stereocenters. The molecule has 1 aliphatic heterocycles. The van der Waals surface area contributed by atoms with Crippen molar-refractivity contribution in [1.82, 2.24) is 55.7 Å². The number of likely N-dealkylation sites (tertiary alicyclic amines) is 1. The molecule has 72 heavy (non-hydrogen) atoms. The number of aliphatic hydroxyl groups excluding tert-OH is 1. The van der Waals surface area contributed by atoms with Gasteiger partial charge < -0.3 is 57.5 Å². The van der Waals surface area contributed by atoms with Crippen LogP contribution < -0.4 is 27.4 Å². The highest BCUT2D eigenvalue weighted by molar-refractivity contribution is 6.06. The highest BCUT2D eigenvalue weighted by Gasteiger charge is 2.58. The molecule has 1 aliphatic rings. The molecular formula is C50H73N13O9. The van der Waals surface area contributed by atoms with Crippen molar-refractivity contribution in [2.45, 2.75) is 147 Å². The van der Waals surface area contributed by atoms with E-state index in [0.717, 1.165) is 17.7 Å². The van der Waals surface area contributed by atoms with E-state index in [1.807, 2.05) is 0 Å². The second-order valence-electron chi connectivity index (χ2n) is 19.4. The molecule has 0 radical (unpaired) electrons. The molecule has 22 nitrogen and oxygen atoms in total. The minimum absolute atomic E-state index is 0.0621. The van der Waals surface area contributed by atoms with Crippen molar-refractivity contribution in [3.05, 3.63) is 90.5 Å². The summed E-state index contributed by atoms with van der Waals surface area (Å²) in [4.78, 5) is 125. The van der Waals surface area contributed by atoms with Crippen LogP contribution in [0.3, 0.4) is 0 Å². The average Bonchev–Trinajstić information content (AvgIpc) is 4.22. The van der Waals surface area contributed by atoms with E-state index in [-0.39, 0.29) is 38.6 Å². The van der Waals surface area contributed by atoms with E-state index >= 15 is 14.4 Å². The molecule has 5 rings (SSSR count). The minimum atomic E-state index is -2.32. The monoisotopic (exact) mass is 1000 g/mol. The maximum absolute atomic E-state index is 15.9. The molecule has 0 spiro atoms. The summed E-state index contributed by atoms with van der Waals surface area (Å²) >= 11 is 0. The zero-order chi connectivity index (χ0) is 52.5. The molecule has 12 N–H and O–H groups in total. The lowest BCUT2D eigenvalue weighted by Crippen LogP contribution is -2.73. The van der Waals surface area contributed by atoms with E-state index in [0.29, 0.717) is 54.2 Å². The third-order valence-electron chi connectivity index (χ3n) is 13.5. The lowest BCUT2D eigenvalue weighted by Gasteiger charge is -2.50. The molecule has 0 saturated carbocycles. The number of benzene rings is 1. The van der Waals surface area contributed by atoms with Gasteiger partial charge in [-0.25, -0.2) is 19.7 Å². The first-order chi connectivity index (χ1) is 34.4. The average molecular weight is 1000 g/mol. The van der Waals surface area contributed by atoms with Crippen molar-refractivity contribution in [3.63, 3.8) is 0 Å². The number of aliphatic hydroxyl groups is 1. The molecule has 22 heteroatoms. The fourth-order valence-corrected chi connectivity index (χ4v) is 9.58. The number of unbranched alkanes of at least 4 members (excludes halogenated alkanes) is 2. The van der Waals surface area contributed by atoms with E-state index in [2.05, 4.69) is 59.7 Å². The summed E-state index contributed by atoms with van der Waals surface area (Å²) in [6.45, 7) is 8.64. The van der Waals surface area contributed by atoms with E-state index in [1.54, 1.807) is 50.4 Å². The maximum Gasteiger partial charge on any atom is 0.326 e. The van der Waals surface area contributed by atoms with Crippen molar-refractivity contribution in [3.8, 4) is 0 Å². The molecule has 0 aliphatic carbocycles. The van der Waals surface area contributed by atoms with Crippen LogP contribution in [0.1, 0.15) is 102 Å². The van der Waals surface area contributed by atoms with Crippen LogP contribution in [-0.2, 0) is 59.2 Å². The van der Waals surface area contributed by atoms with Gasteiger partial charge in [0.1, 0.15) is 29.7 Å². The number of nitrogens with zero attached hydrogens (tertiary/aromatic N) is 5. The van der Waals surface area contributed by atoms with Gasteiger partial charge in [-0.2, -0.15) is 0 Å². The normalized spacial score (nSPS) is 17.0. The van der Waals surface area contributed by atoms with Crippen LogP contribution in [-0.4, -0.2) is 146 Å². The molecule has 6 amide bonds. The van der Waals surface area contributed by atoms with E-state index in [9.17, 15) is 29.4 Å². The van der Waals surface area contributed by atoms with Gasteiger partial charge in [0.2, 0.25) is 29.5 Å². The fourth-order valence-electron chi connectivity index (χ4n) is 9.58. The second kappa shape index (κ2) is 26.6. The summed E-state index contributed by atoms with van der Waals surface area (Å²) in [6.07, 6.45) is 9.76. The number of H-pyrrole nitrogens is 3. The number of nitrogens with two attached hydrogens (primary N) is 2. The minimum Gasteiger partial charge on any atom is -0.480 e. The quantitative estimate of drug-likeness (QED) is 0.0359. The molecule has 1 fully saturated rings. The van der Waals surface area contributed by atoms with Gasteiger partial charge in [0.05, 0.1) is 31.1 Å². The first kappa shape index (κ1) is 56.1. The Morgan fingerprint density at radius 2 is 1.39 bits per heavy atom. The number of carboxylic acids is 1. The third-order valence-corrected chi connectivity index (χ3v) is 13.5. The number of carbonyl (C=O) groups is 7. The molecule has 1 aromatic carbocycles. The number of amides is 6. The number of imidazole rings is 3. The maximum atomic E-state index is 15.9. The van der Waals surface area contributed by atoms with Crippen LogP contribution in [0.2, 0.25) is 0 Å². The summed E-state index contributed by atoms with van der Waals surface area (Å²) in [5.41, 5.74) is 12.1. The summed E-state index contributed by atoms with van der Waals surface area (Å²) in [6, 6.07) is 2.29. The van der Waals surface area contributed by atoms with Crippen molar-refractivity contribution in [2.75, 3.05) is 13.1 Å². The Morgan fingerprint density at radius 3 is 1.93 bits per heavy atom. The SMILES string of the molecule is CC(C)CCCCCC(=O)N(C(=O)[C@H](Cc1cnc[nH]1)NC(=O)[C@H](Cc1ccccc1)NC(=O)[C@@H]1CCCN1C(=O)[C@@H](N)Cc1cnc[nH]1)[C@@](C(=O)N[C@@H](Cc1cnc[nH]1)C(=O)O)(C(C)C)[C@@H](C)[C@H](O)CN. The zero-order valence-electron chi connectivity index (χ0n) is 41.9. The second-order valence-corrected chi connectivity index (χ2v) is 19.4. The number of hydrogen-bond acceptors (Lipinski definition) is 13. The number of aliphatic carboxylic acids is 1. The molecular weight excluding hydrogens is 927 g/mol. The highest BCUT2D eigenvalue weighted by atomic mass is 16.4. The van der Waals surface area contributed by atoms with Crippen molar-refractivity contribution in [1.29, 1.82) is 0 Å². The fraction of sp³-hybridized carbons (Fsp3) is 0.560. The predicted octanol–water partition coefficient (Wildman–Crippen LogP) is 1.30.